The molecule has 0 spiro atoms. The Morgan fingerprint density at radius 1 is 1.11 bits per heavy atom. The highest BCUT2D eigenvalue weighted by Gasteiger charge is 2.13. The normalized spacial score (nSPS) is 12.4. The molecule has 0 aromatic heterocycles. The van der Waals surface area contributed by atoms with Crippen molar-refractivity contribution < 1.29 is 9.90 Å². The van der Waals surface area contributed by atoms with E-state index in [0.717, 1.165) is 21.0 Å². The lowest BCUT2D eigenvalue weighted by Gasteiger charge is -2.05. The van der Waals surface area contributed by atoms with Gasteiger partial charge in [0.1, 0.15) is 0 Å². The number of hydrogen-bond acceptors (Lipinski definition) is 3. The molecule has 1 aliphatic heterocycles. The van der Waals surface area contributed by atoms with E-state index in [1.54, 1.807) is 30.0 Å². The van der Waals surface area contributed by atoms with Gasteiger partial charge in [0.05, 0.1) is 11.3 Å². The Bertz CT molecular complexity index is 665. The topological polar surface area (TPSA) is 49.7 Å². The summed E-state index contributed by atoms with van der Waals surface area (Å²) >= 11 is 1.55. The van der Waals surface area contributed by atoms with E-state index in [1.165, 1.54) is 0 Å². The summed E-state index contributed by atoms with van der Waals surface area (Å²) in [6, 6.07) is 12.9. The van der Waals surface area contributed by atoms with Gasteiger partial charge in [0.15, 0.2) is 0 Å². The first-order chi connectivity index (χ1) is 8.74. The zero-order valence-electron chi connectivity index (χ0n) is 9.33. The van der Waals surface area contributed by atoms with Crippen molar-refractivity contribution in [1.29, 1.82) is 0 Å². The minimum Gasteiger partial charge on any atom is -0.478 e. The first-order valence-corrected chi connectivity index (χ1v) is 6.24. The molecule has 2 aromatic carbocycles. The molecule has 1 aliphatic rings. The van der Waals surface area contributed by atoms with Gasteiger partial charge in [-0.1, -0.05) is 30.0 Å². The van der Waals surface area contributed by atoms with E-state index < -0.39 is 5.97 Å². The Balaban J connectivity index is 2.13. The van der Waals surface area contributed by atoms with Crippen LogP contribution in [0.4, 0.5) is 5.69 Å². The molecule has 88 valence electrons. The van der Waals surface area contributed by atoms with Crippen molar-refractivity contribution in [3.63, 3.8) is 0 Å². The van der Waals surface area contributed by atoms with Gasteiger partial charge in [-0.25, -0.2) is 4.79 Å². The number of carboxylic acid groups (broad SMARTS) is 1. The number of fused-ring (bicyclic) bond motifs is 2. The predicted molar refractivity (Wildman–Crippen MR) is 71.2 cm³/mol. The molecule has 0 bridgehead atoms. The molecule has 3 rings (SSSR count). The summed E-state index contributed by atoms with van der Waals surface area (Å²) in [7, 11) is 0. The number of carbonyl (C=O) groups is 1. The molecule has 1 heterocycles. The predicted octanol–water partition coefficient (Wildman–Crippen LogP) is 3.60. The maximum absolute atomic E-state index is 11.0. The minimum atomic E-state index is -0.917. The van der Waals surface area contributed by atoms with Gasteiger partial charge >= 0.3 is 5.97 Å². The Hall–Kier alpha value is -2.07. The van der Waals surface area contributed by atoms with Gasteiger partial charge in [-0.3, -0.25) is 4.99 Å². The highest BCUT2D eigenvalue weighted by molar-refractivity contribution is 7.99. The van der Waals surface area contributed by atoms with Gasteiger partial charge in [-0.15, -0.1) is 0 Å². The number of hydrogen-bond donors (Lipinski definition) is 1. The van der Waals surface area contributed by atoms with Crippen molar-refractivity contribution in [3.05, 3.63) is 53.6 Å². The average Bonchev–Trinajstić information content (AvgIpc) is 2.56. The fourth-order valence-corrected chi connectivity index (χ4v) is 2.81. The third-order valence-corrected chi connectivity index (χ3v) is 3.83. The second kappa shape index (κ2) is 4.31. The molecule has 4 heteroatoms. The van der Waals surface area contributed by atoms with Gasteiger partial charge < -0.3 is 5.11 Å². The lowest BCUT2D eigenvalue weighted by atomic mass is 10.2. The van der Waals surface area contributed by atoms with Crippen LogP contribution >= 0.6 is 11.8 Å². The molecule has 0 atom stereocenters. The smallest absolute Gasteiger partial charge is 0.335 e. The monoisotopic (exact) mass is 255 g/mol. The summed E-state index contributed by atoms with van der Waals surface area (Å²) in [5.41, 5.74) is 2.15. The quantitative estimate of drug-likeness (QED) is 0.722. The zero-order valence-corrected chi connectivity index (χ0v) is 10.1. The van der Waals surface area contributed by atoms with Crippen molar-refractivity contribution >= 4 is 29.6 Å². The van der Waals surface area contributed by atoms with E-state index >= 15 is 0 Å². The maximum Gasteiger partial charge on any atom is 0.335 e. The number of aromatic carboxylic acids is 1. The van der Waals surface area contributed by atoms with Crippen LogP contribution in [0, 0.1) is 0 Å². The van der Waals surface area contributed by atoms with E-state index in [-0.39, 0.29) is 5.56 Å². The molecular formula is C14H9NO2S. The van der Waals surface area contributed by atoms with Crippen molar-refractivity contribution in [3.8, 4) is 0 Å². The van der Waals surface area contributed by atoms with Crippen LogP contribution in [0.25, 0.3) is 0 Å². The number of rotatable bonds is 1. The average molecular weight is 255 g/mol. The maximum atomic E-state index is 11.0. The fourth-order valence-electron chi connectivity index (χ4n) is 1.77. The van der Waals surface area contributed by atoms with Crippen LogP contribution in [0.5, 0.6) is 0 Å². The van der Waals surface area contributed by atoms with Crippen molar-refractivity contribution in [2.45, 2.75) is 9.79 Å². The van der Waals surface area contributed by atoms with E-state index in [2.05, 4.69) is 4.99 Å². The van der Waals surface area contributed by atoms with Crippen LogP contribution in [0.2, 0.25) is 0 Å². The van der Waals surface area contributed by atoms with Crippen molar-refractivity contribution in [1.82, 2.24) is 0 Å². The third-order valence-electron chi connectivity index (χ3n) is 2.69. The van der Waals surface area contributed by atoms with Gasteiger partial charge in [-0.2, -0.15) is 0 Å². The molecule has 0 radical (unpaired) electrons. The van der Waals surface area contributed by atoms with Gasteiger partial charge in [0.2, 0.25) is 0 Å². The van der Waals surface area contributed by atoms with E-state index in [1.807, 2.05) is 30.5 Å². The van der Waals surface area contributed by atoms with E-state index in [4.69, 9.17) is 5.11 Å². The highest BCUT2D eigenvalue weighted by Crippen LogP contribution is 2.39. The zero-order chi connectivity index (χ0) is 12.5. The van der Waals surface area contributed by atoms with Crippen LogP contribution in [0.15, 0.2) is 57.2 Å². The third kappa shape index (κ3) is 1.91. The molecule has 2 aromatic rings. The molecule has 0 unspecified atom stereocenters. The van der Waals surface area contributed by atoms with Crippen molar-refractivity contribution in [2.75, 3.05) is 0 Å². The Labute approximate surface area is 108 Å². The first kappa shape index (κ1) is 11.0. The van der Waals surface area contributed by atoms with Crippen LogP contribution in [0.1, 0.15) is 15.9 Å². The van der Waals surface area contributed by atoms with E-state index in [0.29, 0.717) is 0 Å². The standard InChI is InChI=1S/C14H9NO2S/c16-14(17)9-5-6-11-13(7-9)18-12-4-2-1-3-10(12)8-15-11/h1-8H,(H,16,17). The number of carboxylic acids is 1. The second-order valence-corrected chi connectivity index (χ2v) is 4.97. The van der Waals surface area contributed by atoms with E-state index in [9.17, 15) is 4.79 Å². The molecule has 0 aliphatic carbocycles. The summed E-state index contributed by atoms with van der Waals surface area (Å²) in [6.07, 6.45) is 1.81. The molecule has 0 saturated carbocycles. The summed E-state index contributed by atoms with van der Waals surface area (Å²) < 4.78 is 0. The summed E-state index contributed by atoms with van der Waals surface area (Å²) in [4.78, 5) is 17.3. The summed E-state index contributed by atoms with van der Waals surface area (Å²) in [5, 5.41) is 9.00. The molecule has 1 N–H and O–H groups in total. The van der Waals surface area contributed by atoms with Crippen LogP contribution in [-0.4, -0.2) is 17.3 Å². The first-order valence-electron chi connectivity index (χ1n) is 5.42. The molecule has 3 nitrogen and oxygen atoms in total. The van der Waals surface area contributed by atoms with Gasteiger partial charge in [-0.05, 0) is 24.3 Å². The lowest BCUT2D eigenvalue weighted by Crippen LogP contribution is -1.95. The number of aliphatic imine (C=N–C) groups is 1. The Kier molecular flexibility index (Phi) is 2.64. The molecular weight excluding hydrogens is 246 g/mol. The second-order valence-electron chi connectivity index (χ2n) is 3.89. The van der Waals surface area contributed by atoms with Crippen LogP contribution < -0.4 is 0 Å². The molecule has 0 fully saturated rings. The highest BCUT2D eigenvalue weighted by atomic mass is 32.2. The SMILES string of the molecule is O=C(O)c1ccc2c(c1)Sc1ccccc1C=N2. The summed E-state index contributed by atoms with van der Waals surface area (Å²) in [5.74, 6) is -0.917. The fraction of sp³-hybridized carbons (Fsp3) is 0. The summed E-state index contributed by atoms with van der Waals surface area (Å²) in [6.45, 7) is 0. The van der Waals surface area contributed by atoms with Crippen LogP contribution in [0.3, 0.4) is 0 Å². The minimum absolute atomic E-state index is 0.288. The number of nitrogens with zero attached hydrogens (tertiary/aromatic N) is 1. The van der Waals surface area contributed by atoms with Crippen molar-refractivity contribution in [2.24, 2.45) is 4.99 Å². The Morgan fingerprint density at radius 3 is 2.78 bits per heavy atom. The Morgan fingerprint density at radius 2 is 1.94 bits per heavy atom. The molecule has 0 saturated heterocycles. The van der Waals surface area contributed by atoms with Crippen LogP contribution in [-0.2, 0) is 0 Å². The van der Waals surface area contributed by atoms with Gasteiger partial charge in [0, 0.05) is 21.6 Å². The number of benzene rings is 2. The lowest BCUT2D eigenvalue weighted by molar-refractivity contribution is 0.0696. The molecule has 18 heavy (non-hydrogen) atoms. The van der Waals surface area contributed by atoms with Gasteiger partial charge in [0.25, 0.3) is 0 Å². The largest absolute Gasteiger partial charge is 0.478 e. The molecule has 0 amide bonds.